The van der Waals surface area contributed by atoms with Crippen LogP contribution >= 0.6 is 0 Å². The number of hydrogen-bond acceptors (Lipinski definition) is 3. The molecule has 1 heterocycles. The van der Waals surface area contributed by atoms with Crippen molar-refractivity contribution in [2.24, 2.45) is 5.11 Å². The Morgan fingerprint density at radius 3 is 2.61 bits per heavy atom. The van der Waals surface area contributed by atoms with E-state index in [9.17, 15) is 4.39 Å². The molecule has 0 aliphatic carbocycles. The number of halogens is 1. The van der Waals surface area contributed by atoms with Crippen LogP contribution < -0.4 is 4.90 Å². The van der Waals surface area contributed by atoms with Gasteiger partial charge in [-0.2, -0.15) is 0 Å². The predicted octanol–water partition coefficient (Wildman–Crippen LogP) is 2.26. The van der Waals surface area contributed by atoms with Crippen molar-refractivity contribution in [2.45, 2.75) is 0 Å². The van der Waals surface area contributed by atoms with Crippen LogP contribution in [0.2, 0.25) is 0 Å². The molecule has 0 spiro atoms. The lowest BCUT2D eigenvalue weighted by Gasteiger charge is -2.35. The lowest BCUT2D eigenvalue weighted by molar-refractivity contribution is 0.264. The summed E-state index contributed by atoms with van der Waals surface area (Å²) in [7, 11) is 0. The standard InChI is InChI=1S/C12H16FN5/c13-11-3-1-2-4-12(11)18-9-7-17(8-10-18)6-5-15-16-14/h1-4H,5-10H2. The van der Waals surface area contributed by atoms with Crippen LogP contribution in [0.3, 0.4) is 0 Å². The molecular formula is C12H16FN5. The first-order chi connectivity index (χ1) is 8.81. The van der Waals surface area contributed by atoms with Crippen LogP contribution in [0.5, 0.6) is 0 Å². The fraction of sp³-hybridized carbons (Fsp3) is 0.500. The van der Waals surface area contributed by atoms with Gasteiger partial charge in [0.1, 0.15) is 5.82 Å². The summed E-state index contributed by atoms with van der Waals surface area (Å²) in [6, 6.07) is 6.86. The number of benzene rings is 1. The SMILES string of the molecule is [N-]=[N+]=NCCN1CCN(c2ccccc2F)CC1. The summed E-state index contributed by atoms with van der Waals surface area (Å²) in [6.45, 7) is 4.62. The highest BCUT2D eigenvalue weighted by atomic mass is 19.1. The highest BCUT2D eigenvalue weighted by Gasteiger charge is 2.18. The molecule has 1 aromatic rings. The van der Waals surface area contributed by atoms with Gasteiger partial charge in [-0.05, 0) is 17.7 Å². The minimum atomic E-state index is -0.167. The van der Waals surface area contributed by atoms with Crippen LogP contribution in [0.25, 0.3) is 10.4 Å². The summed E-state index contributed by atoms with van der Waals surface area (Å²) in [5.41, 5.74) is 8.88. The Morgan fingerprint density at radius 2 is 1.94 bits per heavy atom. The second-order valence-electron chi connectivity index (χ2n) is 4.23. The Bertz CT molecular complexity index is 436. The second-order valence-corrected chi connectivity index (χ2v) is 4.23. The fourth-order valence-electron chi connectivity index (χ4n) is 2.15. The van der Waals surface area contributed by atoms with E-state index < -0.39 is 0 Å². The van der Waals surface area contributed by atoms with Gasteiger partial charge < -0.3 is 4.90 Å². The van der Waals surface area contributed by atoms with Crippen molar-refractivity contribution >= 4 is 5.69 Å². The van der Waals surface area contributed by atoms with E-state index in [4.69, 9.17) is 5.53 Å². The minimum absolute atomic E-state index is 0.167. The average molecular weight is 249 g/mol. The van der Waals surface area contributed by atoms with Gasteiger partial charge in [-0.25, -0.2) is 4.39 Å². The molecule has 1 fully saturated rings. The zero-order valence-corrected chi connectivity index (χ0v) is 10.2. The molecule has 6 heteroatoms. The fourth-order valence-corrected chi connectivity index (χ4v) is 2.15. The average Bonchev–Trinajstić information content (AvgIpc) is 2.41. The van der Waals surface area contributed by atoms with Gasteiger partial charge >= 0.3 is 0 Å². The Hall–Kier alpha value is -1.78. The van der Waals surface area contributed by atoms with Crippen LogP contribution in [-0.2, 0) is 0 Å². The van der Waals surface area contributed by atoms with Gasteiger partial charge in [0.15, 0.2) is 0 Å². The molecule has 18 heavy (non-hydrogen) atoms. The first-order valence-corrected chi connectivity index (χ1v) is 6.04. The molecule has 0 saturated carbocycles. The van der Waals surface area contributed by atoms with Crippen molar-refractivity contribution in [3.63, 3.8) is 0 Å². The zero-order chi connectivity index (χ0) is 12.8. The number of para-hydroxylation sites is 1. The van der Waals surface area contributed by atoms with Crippen molar-refractivity contribution in [2.75, 3.05) is 44.2 Å². The molecule has 0 atom stereocenters. The predicted molar refractivity (Wildman–Crippen MR) is 69.1 cm³/mol. The molecule has 0 bridgehead atoms. The van der Waals surface area contributed by atoms with Crippen molar-refractivity contribution < 1.29 is 4.39 Å². The summed E-state index contributed by atoms with van der Waals surface area (Å²) >= 11 is 0. The lowest BCUT2D eigenvalue weighted by Crippen LogP contribution is -2.47. The van der Waals surface area contributed by atoms with Gasteiger partial charge in [0.2, 0.25) is 0 Å². The summed E-state index contributed by atoms with van der Waals surface area (Å²) in [5, 5.41) is 3.52. The van der Waals surface area contributed by atoms with Crippen LogP contribution in [0.1, 0.15) is 0 Å². The number of anilines is 1. The van der Waals surface area contributed by atoms with Crippen molar-refractivity contribution in [3.05, 3.63) is 40.5 Å². The van der Waals surface area contributed by atoms with E-state index in [1.165, 1.54) is 6.07 Å². The van der Waals surface area contributed by atoms with Crippen LogP contribution in [0.4, 0.5) is 10.1 Å². The maximum absolute atomic E-state index is 13.6. The summed E-state index contributed by atoms with van der Waals surface area (Å²) in [5.74, 6) is -0.167. The van der Waals surface area contributed by atoms with Crippen LogP contribution in [0, 0.1) is 5.82 Å². The van der Waals surface area contributed by atoms with E-state index in [1.807, 2.05) is 12.1 Å². The number of hydrogen-bond donors (Lipinski definition) is 0. The molecule has 0 amide bonds. The maximum Gasteiger partial charge on any atom is 0.146 e. The number of azide groups is 1. The van der Waals surface area contributed by atoms with E-state index in [1.54, 1.807) is 6.07 Å². The highest BCUT2D eigenvalue weighted by Crippen LogP contribution is 2.19. The van der Waals surface area contributed by atoms with Gasteiger partial charge in [0.05, 0.1) is 5.69 Å². The number of piperazine rings is 1. The van der Waals surface area contributed by atoms with E-state index in [-0.39, 0.29) is 5.82 Å². The molecule has 1 saturated heterocycles. The minimum Gasteiger partial charge on any atom is -0.367 e. The molecule has 1 aromatic carbocycles. The third kappa shape index (κ3) is 3.12. The Kier molecular flexibility index (Phi) is 4.39. The monoisotopic (exact) mass is 249 g/mol. The quantitative estimate of drug-likeness (QED) is 0.467. The van der Waals surface area contributed by atoms with Crippen molar-refractivity contribution in [1.29, 1.82) is 0 Å². The van der Waals surface area contributed by atoms with E-state index in [0.717, 1.165) is 32.7 Å². The zero-order valence-electron chi connectivity index (χ0n) is 10.2. The third-order valence-corrected chi connectivity index (χ3v) is 3.14. The first-order valence-electron chi connectivity index (χ1n) is 6.04. The molecule has 1 aliphatic rings. The summed E-state index contributed by atoms with van der Waals surface area (Å²) < 4.78 is 13.6. The smallest absolute Gasteiger partial charge is 0.146 e. The normalized spacial score (nSPS) is 16.4. The van der Waals surface area contributed by atoms with Gasteiger partial charge in [-0.3, -0.25) is 4.90 Å². The van der Waals surface area contributed by atoms with Gasteiger partial charge in [0.25, 0.3) is 0 Å². The first kappa shape index (κ1) is 12.7. The van der Waals surface area contributed by atoms with Gasteiger partial charge in [-0.1, -0.05) is 17.2 Å². The van der Waals surface area contributed by atoms with Crippen molar-refractivity contribution in [3.8, 4) is 0 Å². The van der Waals surface area contributed by atoms with Gasteiger partial charge in [-0.15, -0.1) is 0 Å². The molecule has 0 aromatic heterocycles. The lowest BCUT2D eigenvalue weighted by atomic mass is 10.2. The molecule has 0 unspecified atom stereocenters. The molecule has 1 aliphatic heterocycles. The topological polar surface area (TPSA) is 55.2 Å². The van der Waals surface area contributed by atoms with E-state index in [2.05, 4.69) is 19.8 Å². The molecular weight excluding hydrogens is 233 g/mol. The van der Waals surface area contributed by atoms with E-state index >= 15 is 0 Å². The third-order valence-electron chi connectivity index (χ3n) is 3.14. The largest absolute Gasteiger partial charge is 0.367 e. The Morgan fingerprint density at radius 1 is 1.22 bits per heavy atom. The number of rotatable bonds is 4. The molecule has 2 rings (SSSR count). The summed E-state index contributed by atoms with van der Waals surface area (Å²) in [4.78, 5) is 7.02. The Labute approximate surface area is 105 Å². The van der Waals surface area contributed by atoms with Crippen LogP contribution in [-0.4, -0.2) is 44.2 Å². The Balaban J connectivity index is 1.87. The number of nitrogens with zero attached hydrogens (tertiary/aromatic N) is 5. The molecule has 5 nitrogen and oxygen atoms in total. The summed E-state index contributed by atoms with van der Waals surface area (Å²) in [6.07, 6.45) is 0. The highest BCUT2D eigenvalue weighted by molar-refractivity contribution is 5.47. The molecule has 96 valence electrons. The maximum atomic E-state index is 13.6. The molecule has 0 N–H and O–H groups in total. The van der Waals surface area contributed by atoms with Crippen LogP contribution in [0.15, 0.2) is 29.4 Å². The van der Waals surface area contributed by atoms with Crippen molar-refractivity contribution in [1.82, 2.24) is 4.90 Å². The second kappa shape index (κ2) is 6.23. The molecule has 0 radical (unpaired) electrons. The van der Waals surface area contributed by atoms with Gasteiger partial charge in [0, 0.05) is 44.2 Å². The van der Waals surface area contributed by atoms with E-state index in [0.29, 0.717) is 12.2 Å².